The molecule has 138 valence electrons. The predicted octanol–water partition coefficient (Wildman–Crippen LogP) is 4.47. The van der Waals surface area contributed by atoms with Crippen LogP contribution in [-0.2, 0) is 14.3 Å². The standard InChI is InChI=1S/C18H16Cl2FNO4/c1-10(17(23)22-16-14(19)4-3-5-15(16)20)26-18(24)11(2)25-13-8-6-12(21)7-9-13/h3-11H,1-2H3,(H,22,23)/t10-,11-/m1/s1. The maximum Gasteiger partial charge on any atom is 0.347 e. The molecule has 0 saturated heterocycles. The van der Waals surface area contributed by atoms with Crippen LogP contribution in [0.1, 0.15) is 13.8 Å². The normalized spacial score (nSPS) is 12.8. The summed E-state index contributed by atoms with van der Waals surface area (Å²) < 4.78 is 23.3. The van der Waals surface area contributed by atoms with E-state index in [2.05, 4.69) is 5.32 Å². The second-order valence-electron chi connectivity index (χ2n) is 5.38. The summed E-state index contributed by atoms with van der Waals surface area (Å²) in [5.41, 5.74) is 0.236. The summed E-state index contributed by atoms with van der Waals surface area (Å²) in [7, 11) is 0. The number of amides is 1. The number of carbonyl (C=O) groups is 2. The van der Waals surface area contributed by atoms with Crippen LogP contribution in [0.3, 0.4) is 0 Å². The van der Waals surface area contributed by atoms with Crippen molar-refractivity contribution in [3.8, 4) is 5.75 Å². The van der Waals surface area contributed by atoms with Crippen molar-refractivity contribution < 1.29 is 23.5 Å². The number of para-hydroxylation sites is 1. The first-order chi connectivity index (χ1) is 12.3. The zero-order valence-corrected chi connectivity index (χ0v) is 15.5. The Kier molecular flexibility index (Phi) is 6.83. The summed E-state index contributed by atoms with van der Waals surface area (Å²) >= 11 is 12.0. The molecule has 0 unspecified atom stereocenters. The van der Waals surface area contributed by atoms with Crippen LogP contribution < -0.4 is 10.1 Å². The maximum atomic E-state index is 12.9. The van der Waals surface area contributed by atoms with E-state index < -0.39 is 29.9 Å². The summed E-state index contributed by atoms with van der Waals surface area (Å²) in [6.07, 6.45) is -2.09. The average molecular weight is 400 g/mol. The van der Waals surface area contributed by atoms with Gasteiger partial charge in [-0.3, -0.25) is 4.79 Å². The van der Waals surface area contributed by atoms with Crippen molar-refractivity contribution in [2.24, 2.45) is 0 Å². The highest BCUT2D eigenvalue weighted by molar-refractivity contribution is 6.39. The Morgan fingerprint density at radius 3 is 2.15 bits per heavy atom. The average Bonchev–Trinajstić information content (AvgIpc) is 2.59. The maximum absolute atomic E-state index is 12.9. The Labute approximate surface area is 160 Å². The van der Waals surface area contributed by atoms with E-state index in [9.17, 15) is 14.0 Å². The molecule has 8 heteroatoms. The summed E-state index contributed by atoms with van der Waals surface area (Å²) in [6, 6.07) is 9.95. The van der Waals surface area contributed by atoms with Gasteiger partial charge in [-0.25, -0.2) is 9.18 Å². The van der Waals surface area contributed by atoms with Crippen LogP contribution in [0.2, 0.25) is 10.0 Å². The lowest BCUT2D eigenvalue weighted by Gasteiger charge is -2.18. The Morgan fingerprint density at radius 1 is 1.00 bits per heavy atom. The van der Waals surface area contributed by atoms with Crippen LogP contribution in [0.15, 0.2) is 42.5 Å². The van der Waals surface area contributed by atoms with Crippen molar-refractivity contribution in [1.29, 1.82) is 0 Å². The highest BCUT2D eigenvalue weighted by Crippen LogP contribution is 2.30. The quantitative estimate of drug-likeness (QED) is 0.727. The lowest BCUT2D eigenvalue weighted by molar-refractivity contribution is -0.159. The van der Waals surface area contributed by atoms with Gasteiger partial charge in [-0.15, -0.1) is 0 Å². The lowest BCUT2D eigenvalue weighted by atomic mass is 10.3. The second-order valence-corrected chi connectivity index (χ2v) is 6.19. The molecule has 0 radical (unpaired) electrons. The molecule has 0 aliphatic rings. The molecule has 2 atom stereocenters. The number of carbonyl (C=O) groups excluding carboxylic acids is 2. The van der Waals surface area contributed by atoms with E-state index >= 15 is 0 Å². The molecule has 0 aromatic heterocycles. The lowest BCUT2D eigenvalue weighted by Crippen LogP contribution is -2.35. The molecule has 5 nitrogen and oxygen atoms in total. The van der Waals surface area contributed by atoms with Gasteiger partial charge < -0.3 is 14.8 Å². The molecule has 1 N–H and O–H groups in total. The molecule has 2 aromatic carbocycles. The van der Waals surface area contributed by atoms with Crippen LogP contribution in [0.4, 0.5) is 10.1 Å². The fourth-order valence-corrected chi connectivity index (χ4v) is 2.42. The van der Waals surface area contributed by atoms with E-state index in [1.165, 1.54) is 38.1 Å². The molecule has 0 aliphatic carbocycles. The Bertz CT molecular complexity index is 778. The van der Waals surface area contributed by atoms with Gasteiger partial charge in [-0.2, -0.15) is 0 Å². The predicted molar refractivity (Wildman–Crippen MR) is 97.1 cm³/mol. The number of benzene rings is 2. The smallest absolute Gasteiger partial charge is 0.347 e. The number of anilines is 1. The van der Waals surface area contributed by atoms with Gasteiger partial charge in [-0.05, 0) is 50.2 Å². The van der Waals surface area contributed by atoms with Crippen LogP contribution in [0, 0.1) is 5.82 Å². The van der Waals surface area contributed by atoms with E-state index in [0.29, 0.717) is 5.75 Å². The van der Waals surface area contributed by atoms with Crippen molar-refractivity contribution in [2.75, 3.05) is 5.32 Å². The Hall–Kier alpha value is -2.31. The van der Waals surface area contributed by atoms with Crippen LogP contribution >= 0.6 is 23.2 Å². The van der Waals surface area contributed by atoms with Crippen molar-refractivity contribution in [3.05, 3.63) is 58.3 Å². The Morgan fingerprint density at radius 2 is 1.58 bits per heavy atom. The monoisotopic (exact) mass is 399 g/mol. The minimum atomic E-state index is -1.10. The minimum absolute atomic E-state index is 0.236. The zero-order valence-electron chi connectivity index (χ0n) is 14.0. The molecule has 0 fully saturated rings. The van der Waals surface area contributed by atoms with Crippen molar-refractivity contribution in [3.63, 3.8) is 0 Å². The van der Waals surface area contributed by atoms with Gasteiger partial charge in [0.1, 0.15) is 11.6 Å². The highest BCUT2D eigenvalue weighted by Gasteiger charge is 2.24. The van der Waals surface area contributed by atoms with Gasteiger partial charge in [0.05, 0.1) is 15.7 Å². The number of rotatable bonds is 6. The van der Waals surface area contributed by atoms with E-state index in [1.807, 2.05) is 0 Å². The largest absolute Gasteiger partial charge is 0.479 e. The van der Waals surface area contributed by atoms with Crippen LogP contribution in [-0.4, -0.2) is 24.1 Å². The molecule has 0 bridgehead atoms. The first-order valence-corrected chi connectivity index (χ1v) is 8.41. The molecule has 0 spiro atoms. The third-order valence-electron chi connectivity index (χ3n) is 3.33. The number of esters is 1. The van der Waals surface area contributed by atoms with E-state index in [1.54, 1.807) is 18.2 Å². The van der Waals surface area contributed by atoms with Gasteiger partial charge in [-0.1, -0.05) is 29.3 Å². The summed E-state index contributed by atoms with van der Waals surface area (Å²) in [4.78, 5) is 24.2. The number of hydrogen-bond acceptors (Lipinski definition) is 4. The van der Waals surface area contributed by atoms with Gasteiger partial charge in [0.25, 0.3) is 5.91 Å². The molecule has 0 heterocycles. The van der Waals surface area contributed by atoms with E-state index in [-0.39, 0.29) is 15.7 Å². The molecule has 0 saturated carbocycles. The fourth-order valence-electron chi connectivity index (χ4n) is 1.93. The molecule has 0 aliphatic heterocycles. The van der Waals surface area contributed by atoms with Crippen LogP contribution in [0.25, 0.3) is 0 Å². The molecule has 2 rings (SSSR count). The first kappa shape index (κ1) is 20.0. The molecule has 2 aromatic rings. The Balaban J connectivity index is 1.93. The molecular weight excluding hydrogens is 384 g/mol. The second kappa shape index (κ2) is 8.87. The molecular formula is C18H16Cl2FNO4. The van der Waals surface area contributed by atoms with Crippen molar-refractivity contribution >= 4 is 40.8 Å². The zero-order chi connectivity index (χ0) is 19.3. The van der Waals surface area contributed by atoms with Crippen molar-refractivity contribution in [2.45, 2.75) is 26.1 Å². The summed E-state index contributed by atoms with van der Waals surface area (Å²) in [6.45, 7) is 2.86. The minimum Gasteiger partial charge on any atom is -0.479 e. The number of hydrogen-bond donors (Lipinski definition) is 1. The molecule has 1 amide bonds. The first-order valence-electron chi connectivity index (χ1n) is 7.65. The van der Waals surface area contributed by atoms with Gasteiger partial charge in [0.15, 0.2) is 12.2 Å². The summed E-state index contributed by atoms with van der Waals surface area (Å²) in [5, 5.41) is 3.04. The van der Waals surface area contributed by atoms with Crippen LogP contribution in [0.5, 0.6) is 5.75 Å². The van der Waals surface area contributed by atoms with Gasteiger partial charge in [0, 0.05) is 0 Å². The van der Waals surface area contributed by atoms with Gasteiger partial charge in [0.2, 0.25) is 0 Å². The third-order valence-corrected chi connectivity index (χ3v) is 3.96. The highest BCUT2D eigenvalue weighted by atomic mass is 35.5. The van der Waals surface area contributed by atoms with Crippen molar-refractivity contribution in [1.82, 2.24) is 0 Å². The fraction of sp³-hybridized carbons (Fsp3) is 0.222. The topological polar surface area (TPSA) is 64.6 Å². The SMILES string of the molecule is C[C@@H](OC(=O)[C@@H](C)Oc1ccc(F)cc1)C(=O)Nc1c(Cl)cccc1Cl. The summed E-state index contributed by atoms with van der Waals surface area (Å²) in [5.74, 6) is -1.46. The van der Waals surface area contributed by atoms with Gasteiger partial charge >= 0.3 is 5.97 Å². The molecule has 26 heavy (non-hydrogen) atoms. The number of nitrogens with one attached hydrogen (secondary N) is 1. The third kappa shape index (κ3) is 5.34. The number of halogens is 3. The van der Waals surface area contributed by atoms with E-state index in [0.717, 1.165) is 0 Å². The van der Waals surface area contributed by atoms with E-state index in [4.69, 9.17) is 32.7 Å². The number of ether oxygens (including phenoxy) is 2.